The van der Waals surface area contributed by atoms with Gasteiger partial charge in [-0.3, -0.25) is 0 Å². The van der Waals surface area contributed by atoms with Gasteiger partial charge in [0.25, 0.3) is 0 Å². The van der Waals surface area contributed by atoms with Crippen LogP contribution in [0.5, 0.6) is 0 Å². The van der Waals surface area contributed by atoms with Gasteiger partial charge in [0, 0.05) is 17.9 Å². The summed E-state index contributed by atoms with van der Waals surface area (Å²) in [5.74, 6) is 5.78. The van der Waals surface area contributed by atoms with Crippen LogP contribution in [0, 0.1) is 11.8 Å². The van der Waals surface area contributed by atoms with E-state index in [0.717, 1.165) is 0 Å². The fraction of sp³-hybridized carbons (Fsp3) is 0.250. The second-order valence-electron chi connectivity index (χ2n) is 2.47. The molecule has 2 N–H and O–H groups in total. The van der Waals surface area contributed by atoms with E-state index in [-0.39, 0.29) is 11.0 Å². The molecule has 0 saturated heterocycles. The molecule has 76 valence electrons. The maximum absolute atomic E-state index is 8.02. The maximum Gasteiger partial charge on any atom is 0.162 e. The highest BCUT2D eigenvalue weighted by atomic mass is 35.5. The van der Waals surface area contributed by atoms with E-state index in [1.54, 1.807) is 0 Å². The van der Waals surface area contributed by atoms with Gasteiger partial charge in [-0.05, 0) is 11.6 Å². The minimum Gasteiger partial charge on any atom is -0.381 e. The van der Waals surface area contributed by atoms with Crippen LogP contribution in [0.2, 0.25) is 5.15 Å². The first-order chi connectivity index (χ1) is 7.24. The predicted molar refractivity (Wildman–Crippen MR) is 57.0 cm³/mol. The van der Waals surface area contributed by atoms with Crippen LogP contribution < -0.4 is 5.73 Å². The van der Waals surface area contributed by atoms with Gasteiger partial charge in [-0.15, -0.1) is 10.2 Å². The summed E-state index contributed by atoms with van der Waals surface area (Å²) in [5, 5.41) is 10.7. The highest BCUT2D eigenvalue weighted by Gasteiger charge is 1.98. The van der Waals surface area contributed by atoms with Crippen molar-refractivity contribution in [2.45, 2.75) is 6.42 Å². The Hall–Kier alpha value is -1.96. The second-order valence-corrected chi connectivity index (χ2v) is 2.86. The molecule has 0 aromatic carbocycles. The average molecular weight is 223 g/mol. The van der Waals surface area contributed by atoms with Gasteiger partial charge in [-0.1, -0.05) is 28.6 Å². The number of halogens is 1. The van der Waals surface area contributed by atoms with Crippen molar-refractivity contribution >= 4 is 17.4 Å². The van der Waals surface area contributed by atoms with Crippen LogP contribution in [0.1, 0.15) is 12.0 Å². The minimum absolute atomic E-state index is 0.232. The first-order valence-electron chi connectivity index (χ1n) is 4.02. The van der Waals surface area contributed by atoms with E-state index in [1.807, 2.05) is 0 Å². The van der Waals surface area contributed by atoms with Crippen LogP contribution in [-0.4, -0.2) is 16.7 Å². The molecule has 0 aliphatic carbocycles. The molecule has 1 aromatic heterocycles. The molecule has 0 aliphatic heterocycles. The normalized spacial score (nSPS) is 8.60. The average Bonchev–Trinajstić information content (AvgIpc) is 2.23. The molecule has 0 spiro atoms. The Labute approximate surface area is 91.1 Å². The Bertz CT molecular complexity index is 454. The lowest BCUT2D eigenvalue weighted by molar-refractivity contribution is 1.01. The quantitative estimate of drug-likeness (QED) is 0.271. The molecule has 7 heteroatoms. The van der Waals surface area contributed by atoms with E-state index < -0.39 is 0 Å². The van der Waals surface area contributed by atoms with Crippen molar-refractivity contribution in [1.29, 1.82) is 0 Å². The summed E-state index contributed by atoms with van der Waals surface area (Å²) in [4.78, 5) is 2.60. The Balaban J connectivity index is 2.70. The zero-order valence-corrected chi connectivity index (χ0v) is 8.44. The molecule has 0 bridgehead atoms. The van der Waals surface area contributed by atoms with Crippen LogP contribution in [-0.2, 0) is 0 Å². The Morgan fingerprint density at radius 1 is 1.60 bits per heavy atom. The molecule has 1 aromatic rings. The molecule has 0 atom stereocenters. The monoisotopic (exact) mass is 222 g/mol. The number of hydrogen-bond acceptors (Lipinski definition) is 4. The number of nitrogens with two attached hydrogens (primary N) is 1. The zero-order valence-electron chi connectivity index (χ0n) is 7.68. The van der Waals surface area contributed by atoms with E-state index in [1.165, 1.54) is 6.07 Å². The number of aromatic nitrogens is 2. The van der Waals surface area contributed by atoms with Crippen molar-refractivity contribution in [3.05, 3.63) is 27.2 Å². The Kier molecular flexibility index (Phi) is 4.23. The molecule has 0 saturated carbocycles. The standard InChI is InChI=1S/C8H7ClN6/c9-7-5-6(8(10)14-13-7)3-1-2-4-12-15-11/h5H,2,4H2,(H2,10,14). The van der Waals surface area contributed by atoms with Crippen molar-refractivity contribution in [3.63, 3.8) is 0 Å². The van der Waals surface area contributed by atoms with Crippen LogP contribution >= 0.6 is 11.6 Å². The molecule has 0 unspecified atom stereocenters. The van der Waals surface area contributed by atoms with Crippen molar-refractivity contribution < 1.29 is 0 Å². The molecule has 0 amide bonds. The van der Waals surface area contributed by atoms with Gasteiger partial charge in [0.15, 0.2) is 11.0 Å². The lowest BCUT2D eigenvalue weighted by Crippen LogP contribution is -1.96. The molecule has 6 nitrogen and oxygen atoms in total. The van der Waals surface area contributed by atoms with Crippen molar-refractivity contribution in [2.24, 2.45) is 5.11 Å². The first kappa shape index (κ1) is 11.1. The molecular weight excluding hydrogens is 216 g/mol. The Morgan fingerprint density at radius 2 is 2.40 bits per heavy atom. The summed E-state index contributed by atoms with van der Waals surface area (Å²) in [7, 11) is 0. The SMILES string of the molecule is [N-]=[N+]=NCCC#Cc1cc(Cl)nnc1N. The van der Waals surface area contributed by atoms with Crippen LogP contribution in [0.25, 0.3) is 10.4 Å². The topological polar surface area (TPSA) is 101 Å². The van der Waals surface area contributed by atoms with Crippen LogP contribution in [0.3, 0.4) is 0 Å². The lowest BCUT2D eigenvalue weighted by Gasteiger charge is -1.94. The van der Waals surface area contributed by atoms with Crippen molar-refractivity contribution in [3.8, 4) is 11.8 Å². The first-order valence-corrected chi connectivity index (χ1v) is 4.40. The number of hydrogen-bond donors (Lipinski definition) is 1. The largest absolute Gasteiger partial charge is 0.381 e. The van der Waals surface area contributed by atoms with E-state index in [2.05, 4.69) is 32.1 Å². The summed E-state index contributed by atoms with van der Waals surface area (Å²) in [5.41, 5.74) is 14.1. The molecule has 0 radical (unpaired) electrons. The van der Waals surface area contributed by atoms with Crippen molar-refractivity contribution in [1.82, 2.24) is 10.2 Å². The number of azide groups is 1. The van der Waals surface area contributed by atoms with Crippen molar-refractivity contribution in [2.75, 3.05) is 12.3 Å². The summed E-state index contributed by atoms with van der Waals surface area (Å²) in [6, 6.07) is 1.53. The molecular formula is C8H7ClN6. The van der Waals surface area contributed by atoms with Gasteiger partial charge < -0.3 is 5.73 Å². The molecule has 1 rings (SSSR count). The molecule has 0 fully saturated rings. The van der Waals surface area contributed by atoms with Gasteiger partial charge in [-0.25, -0.2) is 0 Å². The van der Waals surface area contributed by atoms with Crippen LogP contribution in [0.15, 0.2) is 11.2 Å². The van der Waals surface area contributed by atoms with Gasteiger partial charge in [-0.2, -0.15) is 0 Å². The summed E-state index contributed by atoms with van der Waals surface area (Å²) >= 11 is 5.62. The molecule has 1 heterocycles. The lowest BCUT2D eigenvalue weighted by atomic mass is 10.3. The van der Waals surface area contributed by atoms with Gasteiger partial charge in [0.2, 0.25) is 0 Å². The molecule has 15 heavy (non-hydrogen) atoms. The third-order valence-electron chi connectivity index (χ3n) is 1.42. The number of rotatable bonds is 2. The third kappa shape index (κ3) is 3.73. The number of nitrogens with zero attached hydrogens (tertiary/aromatic N) is 5. The van der Waals surface area contributed by atoms with E-state index in [0.29, 0.717) is 18.5 Å². The van der Waals surface area contributed by atoms with E-state index >= 15 is 0 Å². The maximum atomic E-state index is 8.02. The molecule has 0 aliphatic rings. The van der Waals surface area contributed by atoms with Gasteiger partial charge >= 0.3 is 0 Å². The minimum atomic E-state index is 0.232. The number of nitrogen functional groups attached to an aromatic ring is 1. The van der Waals surface area contributed by atoms with Gasteiger partial charge in [0.05, 0.1) is 5.56 Å². The highest BCUT2D eigenvalue weighted by molar-refractivity contribution is 6.29. The van der Waals surface area contributed by atoms with E-state index in [9.17, 15) is 0 Å². The smallest absolute Gasteiger partial charge is 0.162 e. The second kappa shape index (κ2) is 5.70. The number of anilines is 1. The third-order valence-corrected chi connectivity index (χ3v) is 1.60. The van der Waals surface area contributed by atoms with Gasteiger partial charge in [0.1, 0.15) is 0 Å². The fourth-order valence-corrected chi connectivity index (χ4v) is 0.933. The fourth-order valence-electron chi connectivity index (χ4n) is 0.786. The zero-order chi connectivity index (χ0) is 11.1. The summed E-state index contributed by atoms with van der Waals surface area (Å²) < 4.78 is 0. The van der Waals surface area contributed by atoms with Crippen LogP contribution in [0.4, 0.5) is 5.82 Å². The highest BCUT2D eigenvalue weighted by Crippen LogP contribution is 2.10. The summed E-state index contributed by atoms with van der Waals surface area (Å²) in [6.45, 7) is 0.329. The van der Waals surface area contributed by atoms with E-state index in [4.69, 9.17) is 22.9 Å². The summed E-state index contributed by atoms with van der Waals surface area (Å²) in [6.07, 6.45) is 0.462. The Morgan fingerprint density at radius 3 is 3.13 bits per heavy atom. The predicted octanol–water partition coefficient (Wildman–Crippen LogP) is 1.76.